The fourth-order valence-electron chi connectivity index (χ4n) is 7.64. The minimum Gasteiger partial charge on any atom is -0.481 e. The lowest BCUT2D eigenvalue weighted by Gasteiger charge is -2.51. The highest BCUT2D eigenvalue weighted by atomic mass is 16.4. The number of carbonyl (C=O) groups excluding carboxylic acids is 1. The van der Waals surface area contributed by atoms with Crippen molar-refractivity contribution in [3.05, 3.63) is 12.2 Å². The van der Waals surface area contributed by atoms with E-state index in [0.29, 0.717) is 25.7 Å². The molecular weight excluding hydrogens is 336 g/mol. The number of carbonyl (C=O) groups is 3. The number of hydrogen-bond donors (Lipinski definition) is 3. The lowest BCUT2D eigenvalue weighted by Crippen LogP contribution is -2.57. The largest absolute Gasteiger partial charge is 0.481 e. The molecule has 8 unspecified atom stereocenters. The molecule has 6 nitrogen and oxygen atoms in total. The highest BCUT2D eigenvalue weighted by Gasteiger charge is 2.78. The van der Waals surface area contributed by atoms with Gasteiger partial charge in [0.15, 0.2) is 0 Å². The van der Waals surface area contributed by atoms with Crippen LogP contribution in [-0.2, 0) is 14.4 Å². The van der Waals surface area contributed by atoms with Crippen molar-refractivity contribution in [1.82, 2.24) is 0 Å². The first-order chi connectivity index (χ1) is 12.0. The number of rotatable bonds is 2. The highest BCUT2D eigenvalue weighted by Crippen LogP contribution is 2.76. The number of aliphatic carboxylic acids is 2. The number of fused-ring (bicyclic) bond motifs is 3. The van der Waals surface area contributed by atoms with Crippen LogP contribution in [0, 0.1) is 39.9 Å². The first kappa shape index (κ1) is 17.7. The Labute approximate surface area is 152 Å². The van der Waals surface area contributed by atoms with E-state index in [4.69, 9.17) is 0 Å². The van der Waals surface area contributed by atoms with Gasteiger partial charge in [-0.05, 0) is 55.3 Å². The Morgan fingerprint density at radius 2 is 1.88 bits per heavy atom. The van der Waals surface area contributed by atoms with Gasteiger partial charge in [-0.2, -0.15) is 0 Å². The molecule has 3 N–H and O–H groups in total. The first-order valence-corrected chi connectivity index (χ1v) is 9.35. The van der Waals surface area contributed by atoms with E-state index in [9.17, 15) is 29.7 Å². The first-order valence-electron chi connectivity index (χ1n) is 9.35. The van der Waals surface area contributed by atoms with Gasteiger partial charge in [-0.3, -0.25) is 14.4 Å². The van der Waals surface area contributed by atoms with Gasteiger partial charge < -0.3 is 15.3 Å². The maximum Gasteiger partial charge on any atom is 0.312 e. The predicted octanol–water partition coefficient (Wildman–Crippen LogP) is 2.11. The van der Waals surface area contributed by atoms with Crippen molar-refractivity contribution in [1.29, 1.82) is 0 Å². The summed E-state index contributed by atoms with van der Waals surface area (Å²) in [5, 5.41) is 30.8. The third-order valence-corrected chi connectivity index (χ3v) is 8.45. The Morgan fingerprint density at radius 3 is 2.46 bits per heavy atom. The van der Waals surface area contributed by atoms with Crippen LogP contribution >= 0.6 is 0 Å². The quantitative estimate of drug-likeness (QED) is 0.649. The molecule has 8 atom stereocenters. The van der Waals surface area contributed by atoms with Crippen molar-refractivity contribution >= 4 is 17.7 Å². The van der Waals surface area contributed by atoms with Crippen LogP contribution in [0.25, 0.3) is 0 Å². The van der Waals surface area contributed by atoms with E-state index >= 15 is 0 Å². The topological polar surface area (TPSA) is 112 Å². The normalized spacial score (nSPS) is 52.5. The third-order valence-electron chi connectivity index (χ3n) is 8.45. The van der Waals surface area contributed by atoms with Crippen LogP contribution in [0.5, 0.6) is 0 Å². The Bertz CT molecular complexity index is 743. The Morgan fingerprint density at radius 1 is 1.23 bits per heavy atom. The molecule has 0 aliphatic heterocycles. The van der Waals surface area contributed by atoms with E-state index in [1.54, 1.807) is 0 Å². The van der Waals surface area contributed by atoms with Gasteiger partial charge in [-0.15, -0.1) is 0 Å². The fourth-order valence-corrected chi connectivity index (χ4v) is 7.64. The summed E-state index contributed by atoms with van der Waals surface area (Å²) < 4.78 is 0. The molecule has 0 aromatic rings. The van der Waals surface area contributed by atoms with Gasteiger partial charge >= 0.3 is 11.9 Å². The van der Waals surface area contributed by atoms with E-state index in [1.165, 1.54) is 6.92 Å². The maximum absolute atomic E-state index is 13.1. The fraction of sp³-hybridized carbons (Fsp3) is 0.750. The van der Waals surface area contributed by atoms with E-state index in [1.807, 2.05) is 6.92 Å². The summed E-state index contributed by atoms with van der Waals surface area (Å²) in [5.41, 5.74) is -2.15. The average molecular weight is 362 g/mol. The molecule has 26 heavy (non-hydrogen) atoms. The second-order valence-electron chi connectivity index (χ2n) is 9.51. The molecule has 0 heterocycles. The highest BCUT2D eigenvalue weighted by molar-refractivity contribution is 5.89. The van der Waals surface area contributed by atoms with E-state index in [-0.39, 0.29) is 18.1 Å². The zero-order valence-electron chi connectivity index (χ0n) is 15.2. The second-order valence-corrected chi connectivity index (χ2v) is 9.51. The molecule has 6 heteroatoms. The van der Waals surface area contributed by atoms with Crippen LogP contribution in [0.1, 0.15) is 46.0 Å². The van der Waals surface area contributed by atoms with Gasteiger partial charge in [0.1, 0.15) is 5.78 Å². The van der Waals surface area contributed by atoms with Crippen molar-refractivity contribution in [2.45, 2.75) is 52.1 Å². The monoisotopic (exact) mass is 362 g/mol. The summed E-state index contributed by atoms with van der Waals surface area (Å²) in [7, 11) is 0. The number of aliphatic hydroxyl groups excluding tert-OH is 1. The van der Waals surface area contributed by atoms with Crippen LogP contribution in [-0.4, -0.2) is 39.1 Å². The van der Waals surface area contributed by atoms with Crippen LogP contribution in [0.2, 0.25) is 0 Å². The SMILES string of the molecule is C=C1CC23CC1CC(=O)C2C1(C)CCC(O)C(C)(C(=O)O)C1C3C(=O)O. The summed E-state index contributed by atoms with van der Waals surface area (Å²) in [6.45, 7) is 7.45. The van der Waals surface area contributed by atoms with Gasteiger partial charge in [0.2, 0.25) is 0 Å². The number of ketones is 1. The third kappa shape index (κ3) is 1.74. The van der Waals surface area contributed by atoms with Gasteiger partial charge in [-0.1, -0.05) is 19.1 Å². The van der Waals surface area contributed by atoms with Gasteiger partial charge in [0.05, 0.1) is 17.4 Å². The number of aliphatic hydroxyl groups is 1. The molecule has 0 aromatic carbocycles. The molecule has 0 radical (unpaired) electrons. The molecule has 4 aliphatic rings. The molecule has 4 fully saturated rings. The Kier molecular flexibility index (Phi) is 3.39. The molecule has 0 saturated heterocycles. The molecule has 1 spiro atoms. The van der Waals surface area contributed by atoms with Crippen LogP contribution < -0.4 is 0 Å². The Hall–Kier alpha value is -1.69. The Balaban J connectivity index is 1.99. The summed E-state index contributed by atoms with van der Waals surface area (Å²) >= 11 is 0. The van der Waals surface area contributed by atoms with Gasteiger partial charge in [0, 0.05) is 12.3 Å². The van der Waals surface area contributed by atoms with Gasteiger partial charge in [-0.25, -0.2) is 0 Å². The van der Waals surface area contributed by atoms with Crippen molar-refractivity contribution in [2.75, 3.05) is 0 Å². The number of carboxylic acids is 2. The summed E-state index contributed by atoms with van der Waals surface area (Å²) in [4.78, 5) is 37.8. The molecule has 0 amide bonds. The smallest absolute Gasteiger partial charge is 0.312 e. The minimum atomic E-state index is -1.58. The zero-order valence-corrected chi connectivity index (χ0v) is 15.2. The maximum atomic E-state index is 13.1. The molecule has 142 valence electrons. The lowest BCUT2D eigenvalue weighted by molar-refractivity contribution is -0.182. The molecule has 4 saturated carbocycles. The van der Waals surface area contributed by atoms with E-state index in [0.717, 1.165) is 5.57 Å². The molecule has 0 aromatic heterocycles. The number of hydrogen-bond acceptors (Lipinski definition) is 4. The van der Waals surface area contributed by atoms with Crippen LogP contribution in [0.3, 0.4) is 0 Å². The van der Waals surface area contributed by atoms with Gasteiger partial charge in [0.25, 0.3) is 0 Å². The van der Waals surface area contributed by atoms with Crippen molar-refractivity contribution in [3.8, 4) is 0 Å². The summed E-state index contributed by atoms with van der Waals surface area (Å²) in [5.74, 6) is -4.38. The molecule has 2 bridgehead atoms. The van der Waals surface area contributed by atoms with E-state index < -0.39 is 52.0 Å². The van der Waals surface area contributed by atoms with Crippen molar-refractivity contribution in [2.24, 2.45) is 39.9 Å². The molecular formula is C20H26O6. The second kappa shape index (κ2) is 4.97. The number of Topliss-reactive ketones (excluding diaryl/α,β-unsaturated/α-hetero) is 1. The van der Waals surface area contributed by atoms with Crippen molar-refractivity contribution < 1.29 is 29.7 Å². The zero-order chi connectivity index (χ0) is 19.2. The molecule has 4 aliphatic carbocycles. The average Bonchev–Trinajstić information content (AvgIpc) is 2.92. The van der Waals surface area contributed by atoms with Crippen molar-refractivity contribution in [3.63, 3.8) is 0 Å². The summed E-state index contributed by atoms with van der Waals surface area (Å²) in [6, 6.07) is 0. The minimum absolute atomic E-state index is 0.00496. The predicted molar refractivity (Wildman–Crippen MR) is 91.1 cm³/mol. The van der Waals surface area contributed by atoms with Crippen LogP contribution in [0.15, 0.2) is 12.2 Å². The number of allylic oxidation sites excluding steroid dienone is 1. The number of carboxylic acid groups (broad SMARTS) is 2. The molecule has 4 rings (SSSR count). The standard InChI is InChI=1S/C20H26O6/c1-9-7-20-8-10(9)6-11(21)14(20)18(2)5-4-12(22)19(3,17(25)26)15(18)13(20)16(23)24/h10,12-15,22H,1,4-8H2,2-3H3,(H,23,24)(H,25,26). The summed E-state index contributed by atoms with van der Waals surface area (Å²) in [6.07, 6.45) is 1.08. The van der Waals surface area contributed by atoms with Crippen LogP contribution in [0.4, 0.5) is 0 Å². The lowest BCUT2D eigenvalue weighted by atomic mass is 9.52. The van der Waals surface area contributed by atoms with E-state index in [2.05, 4.69) is 6.58 Å².